The molecule has 208 valence electrons. The monoisotopic (exact) mass is 573 g/mol. The average Bonchev–Trinajstić information content (AvgIpc) is 3.51. The molecule has 1 aliphatic heterocycles. The zero-order valence-electron chi connectivity index (χ0n) is 23.0. The van der Waals surface area contributed by atoms with E-state index < -0.39 is 5.54 Å². The van der Waals surface area contributed by atoms with Gasteiger partial charge in [-0.1, -0.05) is 99.2 Å². The number of benzene rings is 2. The van der Waals surface area contributed by atoms with Gasteiger partial charge in [-0.2, -0.15) is 0 Å². The largest absolute Gasteiger partial charge is 0.351 e. The molecule has 2 aromatic heterocycles. The predicted octanol–water partition coefficient (Wildman–Crippen LogP) is 7.70. The van der Waals surface area contributed by atoms with Crippen molar-refractivity contribution in [1.82, 2.24) is 14.8 Å². The number of fused-ring (bicyclic) bond motifs is 3. The Kier molecular flexibility index (Phi) is 7.74. The van der Waals surface area contributed by atoms with Crippen molar-refractivity contribution in [3.8, 4) is 0 Å². The van der Waals surface area contributed by atoms with Crippen LogP contribution in [0.25, 0.3) is 10.2 Å². The molecule has 0 bridgehead atoms. The van der Waals surface area contributed by atoms with Crippen LogP contribution in [-0.4, -0.2) is 27.3 Å². The molecule has 1 atom stereocenters. The van der Waals surface area contributed by atoms with Crippen molar-refractivity contribution in [2.24, 2.45) is 0 Å². The van der Waals surface area contributed by atoms with Gasteiger partial charge < -0.3 is 14.8 Å². The number of carbonyl (C=O) groups is 2. The minimum absolute atomic E-state index is 0.101. The standard InChI is InChI=1S/C33H36ClN3O2S/c1-2-26-19-28-30(40-26)20-29-31(38)37(21-23-13-11-12-18-27(23)34)33(22-36(28)29,24-14-7-6-8-15-24)32(39)35-25-16-9-4-3-5-10-17-25/h6-8,11-15,18-20,25H,2-5,9-10,16-17,21-22H2,1H3,(H,35,39)/t33-/m0/s1. The van der Waals surface area contributed by atoms with E-state index in [1.807, 2.05) is 60.7 Å². The van der Waals surface area contributed by atoms with Crippen LogP contribution in [0.15, 0.2) is 66.7 Å². The van der Waals surface area contributed by atoms with Crippen LogP contribution >= 0.6 is 22.9 Å². The lowest BCUT2D eigenvalue weighted by Gasteiger charge is -2.47. The molecule has 0 spiro atoms. The normalized spacial score (nSPS) is 20.2. The first-order chi connectivity index (χ1) is 19.5. The number of aromatic nitrogens is 1. The Morgan fingerprint density at radius 3 is 2.42 bits per heavy atom. The number of carbonyl (C=O) groups excluding carboxylic acids is 2. The molecule has 7 heteroatoms. The first-order valence-electron chi connectivity index (χ1n) is 14.5. The smallest absolute Gasteiger partial charge is 0.272 e. The first-order valence-corrected chi connectivity index (χ1v) is 15.7. The van der Waals surface area contributed by atoms with Crippen LogP contribution in [0.1, 0.15) is 78.4 Å². The number of rotatable bonds is 6. The molecule has 2 amide bonds. The number of aryl methyl sites for hydroxylation is 1. The van der Waals surface area contributed by atoms with Gasteiger partial charge in [0.05, 0.1) is 16.8 Å². The van der Waals surface area contributed by atoms with Crippen LogP contribution < -0.4 is 5.32 Å². The zero-order valence-corrected chi connectivity index (χ0v) is 24.6. The van der Waals surface area contributed by atoms with Crippen molar-refractivity contribution in [3.05, 3.63) is 93.5 Å². The number of hydrogen-bond acceptors (Lipinski definition) is 3. The van der Waals surface area contributed by atoms with E-state index in [1.165, 1.54) is 24.1 Å². The second kappa shape index (κ2) is 11.4. The quantitative estimate of drug-likeness (QED) is 0.257. The molecular weight excluding hydrogens is 538 g/mol. The van der Waals surface area contributed by atoms with Crippen LogP contribution in [-0.2, 0) is 29.8 Å². The average molecular weight is 574 g/mol. The molecule has 5 nitrogen and oxygen atoms in total. The molecule has 1 saturated carbocycles. The highest BCUT2D eigenvalue weighted by atomic mass is 35.5. The van der Waals surface area contributed by atoms with Crippen LogP contribution in [0, 0.1) is 0 Å². The van der Waals surface area contributed by atoms with Gasteiger partial charge in [0.15, 0.2) is 5.54 Å². The molecule has 0 unspecified atom stereocenters. The Bertz CT molecular complexity index is 1520. The summed E-state index contributed by atoms with van der Waals surface area (Å²) in [4.78, 5) is 32.4. The number of hydrogen-bond donors (Lipinski definition) is 1. The highest BCUT2D eigenvalue weighted by molar-refractivity contribution is 7.19. The summed E-state index contributed by atoms with van der Waals surface area (Å²) in [6.07, 6.45) is 8.78. The van der Waals surface area contributed by atoms with E-state index in [1.54, 1.807) is 16.2 Å². The summed E-state index contributed by atoms with van der Waals surface area (Å²) in [5.41, 5.74) is 2.07. The lowest BCUT2D eigenvalue weighted by molar-refractivity contribution is -0.136. The minimum Gasteiger partial charge on any atom is -0.351 e. The summed E-state index contributed by atoms with van der Waals surface area (Å²) in [5, 5.41) is 4.05. The van der Waals surface area contributed by atoms with E-state index in [9.17, 15) is 9.59 Å². The summed E-state index contributed by atoms with van der Waals surface area (Å²) in [5.74, 6) is -0.257. The van der Waals surface area contributed by atoms with Crippen LogP contribution in [0.3, 0.4) is 0 Å². The maximum absolute atomic E-state index is 14.8. The summed E-state index contributed by atoms with van der Waals surface area (Å²) in [6, 6.07) is 21.7. The van der Waals surface area contributed by atoms with E-state index in [-0.39, 0.29) is 24.4 Å². The van der Waals surface area contributed by atoms with E-state index in [0.717, 1.165) is 53.4 Å². The number of halogens is 1. The fourth-order valence-corrected chi connectivity index (χ4v) is 7.67. The summed E-state index contributed by atoms with van der Waals surface area (Å²) < 4.78 is 3.17. The van der Waals surface area contributed by atoms with Gasteiger partial charge in [-0.3, -0.25) is 9.59 Å². The van der Waals surface area contributed by atoms with Gasteiger partial charge in [-0.25, -0.2) is 0 Å². The van der Waals surface area contributed by atoms with Crippen molar-refractivity contribution in [2.75, 3.05) is 0 Å². The van der Waals surface area contributed by atoms with Gasteiger partial charge in [-0.05, 0) is 48.6 Å². The molecule has 4 aromatic rings. The molecule has 0 radical (unpaired) electrons. The molecular formula is C33H36ClN3O2S. The van der Waals surface area contributed by atoms with Gasteiger partial charge >= 0.3 is 0 Å². The Morgan fingerprint density at radius 1 is 1.00 bits per heavy atom. The maximum Gasteiger partial charge on any atom is 0.272 e. The van der Waals surface area contributed by atoms with Gasteiger partial charge in [-0.15, -0.1) is 11.3 Å². The Morgan fingerprint density at radius 2 is 1.70 bits per heavy atom. The van der Waals surface area contributed by atoms with E-state index in [2.05, 4.69) is 22.9 Å². The topological polar surface area (TPSA) is 54.3 Å². The van der Waals surface area contributed by atoms with Crippen molar-refractivity contribution >= 4 is 45.0 Å². The molecule has 1 aliphatic carbocycles. The lowest BCUT2D eigenvalue weighted by Crippen LogP contribution is -2.64. The third-order valence-electron chi connectivity index (χ3n) is 8.65. The number of nitrogens with zero attached hydrogens (tertiary/aromatic N) is 2. The fourth-order valence-electron chi connectivity index (χ4n) is 6.44. The molecule has 0 saturated heterocycles. The SMILES string of the molecule is CCc1cc2c(cc3n2C[C@@](C(=O)NC2CCCCCCC2)(c2ccccc2)N(Cc2ccccc2Cl)C3=O)s1. The third-order valence-corrected chi connectivity index (χ3v) is 10.2. The molecule has 6 rings (SSSR count). The van der Waals surface area contributed by atoms with Crippen molar-refractivity contribution in [3.63, 3.8) is 0 Å². The molecule has 3 heterocycles. The second-order valence-corrected chi connectivity index (χ2v) is 12.7. The Labute approximate surface area is 245 Å². The number of amides is 2. The maximum atomic E-state index is 14.8. The highest BCUT2D eigenvalue weighted by Crippen LogP contribution is 2.42. The molecule has 1 N–H and O–H groups in total. The lowest BCUT2D eigenvalue weighted by atomic mass is 9.83. The molecule has 1 fully saturated rings. The van der Waals surface area contributed by atoms with Gasteiger partial charge in [0, 0.05) is 22.5 Å². The Balaban J connectivity index is 1.51. The van der Waals surface area contributed by atoms with Crippen LogP contribution in [0.5, 0.6) is 0 Å². The first kappa shape index (κ1) is 27.1. The van der Waals surface area contributed by atoms with Crippen molar-refractivity contribution in [1.29, 1.82) is 0 Å². The Hall–Kier alpha value is -3.09. The van der Waals surface area contributed by atoms with E-state index in [0.29, 0.717) is 17.3 Å². The molecule has 2 aromatic carbocycles. The summed E-state index contributed by atoms with van der Waals surface area (Å²) in [6.45, 7) is 2.74. The molecule has 2 aliphatic rings. The molecule has 40 heavy (non-hydrogen) atoms. The minimum atomic E-state index is -1.23. The van der Waals surface area contributed by atoms with Crippen molar-refractivity contribution in [2.45, 2.75) is 83.0 Å². The zero-order chi connectivity index (χ0) is 27.7. The van der Waals surface area contributed by atoms with Gasteiger partial charge in [0.2, 0.25) is 0 Å². The van der Waals surface area contributed by atoms with Gasteiger partial charge in [0.1, 0.15) is 5.69 Å². The van der Waals surface area contributed by atoms with E-state index >= 15 is 0 Å². The number of nitrogens with one attached hydrogen (secondary N) is 1. The van der Waals surface area contributed by atoms with Crippen LogP contribution in [0.4, 0.5) is 0 Å². The van der Waals surface area contributed by atoms with Crippen LogP contribution in [0.2, 0.25) is 5.02 Å². The highest BCUT2D eigenvalue weighted by Gasteiger charge is 2.53. The summed E-state index contributed by atoms with van der Waals surface area (Å²) >= 11 is 8.36. The number of thiophene rings is 1. The van der Waals surface area contributed by atoms with E-state index in [4.69, 9.17) is 11.6 Å². The fraction of sp³-hybridized carbons (Fsp3) is 0.394. The predicted molar refractivity (Wildman–Crippen MR) is 163 cm³/mol. The second-order valence-electron chi connectivity index (χ2n) is 11.2. The van der Waals surface area contributed by atoms with Crippen molar-refractivity contribution < 1.29 is 9.59 Å². The van der Waals surface area contributed by atoms with Gasteiger partial charge in [0.25, 0.3) is 11.8 Å². The third kappa shape index (κ3) is 4.86. The summed E-state index contributed by atoms with van der Waals surface area (Å²) in [7, 11) is 0.